The summed E-state index contributed by atoms with van der Waals surface area (Å²) in [6.45, 7) is 6.37. The first-order valence-electron chi connectivity index (χ1n) is 4.37. The maximum atomic E-state index is 6.21. The normalized spacial score (nSPS) is 16.5. The average molecular weight is 166 g/mol. The second-order valence-electron chi connectivity index (χ2n) is 3.94. The molecular formula is C10H18N2. The zero-order chi connectivity index (χ0) is 9.35. The van der Waals surface area contributed by atoms with Crippen molar-refractivity contribution in [2.45, 2.75) is 26.3 Å². The lowest BCUT2D eigenvalue weighted by atomic mass is 9.86. The van der Waals surface area contributed by atoms with Crippen molar-refractivity contribution in [1.82, 2.24) is 4.57 Å². The average Bonchev–Trinajstić information content (AvgIpc) is 2.35. The van der Waals surface area contributed by atoms with E-state index in [4.69, 9.17) is 5.73 Å². The predicted octanol–water partition coefficient (Wildman–Crippen LogP) is 1.85. The van der Waals surface area contributed by atoms with Crippen molar-refractivity contribution >= 4 is 0 Å². The zero-order valence-corrected chi connectivity index (χ0v) is 8.33. The van der Waals surface area contributed by atoms with Crippen molar-refractivity contribution < 1.29 is 0 Å². The first kappa shape index (κ1) is 9.33. The highest BCUT2D eigenvalue weighted by Gasteiger charge is 2.27. The molecule has 0 radical (unpaired) electrons. The molecule has 0 saturated heterocycles. The molecule has 12 heavy (non-hydrogen) atoms. The van der Waals surface area contributed by atoms with Crippen LogP contribution in [0.15, 0.2) is 18.3 Å². The standard InChI is InChI=1S/C10H18N2/c1-8(2)10(3,11)9-6-5-7-12(9)4/h5-8H,11H2,1-4H3/t10-/m0/s1. The number of aromatic nitrogens is 1. The van der Waals surface area contributed by atoms with Gasteiger partial charge in [0.05, 0.1) is 5.54 Å². The van der Waals surface area contributed by atoms with Crippen molar-refractivity contribution in [2.24, 2.45) is 18.7 Å². The Labute approximate surface area is 74.4 Å². The van der Waals surface area contributed by atoms with Crippen molar-refractivity contribution in [3.8, 4) is 0 Å². The summed E-state index contributed by atoms with van der Waals surface area (Å²) in [5.74, 6) is 0.450. The molecular weight excluding hydrogens is 148 g/mol. The van der Waals surface area contributed by atoms with Gasteiger partial charge in [0.25, 0.3) is 0 Å². The highest BCUT2D eigenvalue weighted by Crippen LogP contribution is 2.25. The van der Waals surface area contributed by atoms with Gasteiger partial charge in [0.1, 0.15) is 0 Å². The predicted molar refractivity (Wildman–Crippen MR) is 51.8 cm³/mol. The van der Waals surface area contributed by atoms with Crippen LogP contribution in [0.1, 0.15) is 26.5 Å². The van der Waals surface area contributed by atoms with Crippen LogP contribution in [0.4, 0.5) is 0 Å². The molecule has 2 heteroatoms. The number of nitrogens with two attached hydrogens (primary N) is 1. The fraction of sp³-hybridized carbons (Fsp3) is 0.600. The number of aryl methyl sites for hydroxylation is 1. The summed E-state index contributed by atoms with van der Waals surface area (Å²) >= 11 is 0. The zero-order valence-electron chi connectivity index (χ0n) is 8.33. The van der Waals surface area contributed by atoms with E-state index >= 15 is 0 Å². The summed E-state index contributed by atoms with van der Waals surface area (Å²) in [6.07, 6.45) is 2.03. The first-order valence-corrected chi connectivity index (χ1v) is 4.37. The molecule has 0 saturated carbocycles. The van der Waals surface area contributed by atoms with E-state index in [1.807, 2.05) is 19.3 Å². The number of hydrogen-bond donors (Lipinski definition) is 1. The SMILES string of the molecule is CC(C)[C@](C)(N)c1cccn1C. The molecule has 0 aliphatic heterocycles. The van der Waals surface area contributed by atoms with Gasteiger partial charge in [0, 0.05) is 18.9 Å². The Morgan fingerprint density at radius 3 is 2.42 bits per heavy atom. The van der Waals surface area contributed by atoms with E-state index < -0.39 is 0 Å². The lowest BCUT2D eigenvalue weighted by Gasteiger charge is -2.29. The van der Waals surface area contributed by atoms with Crippen molar-refractivity contribution in [3.63, 3.8) is 0 Å². The minimum atomic E-state index is -0.224. The van der Waals surface area contributed by atoms with Gasteiger partial charge in [-0.2, -0.15) is 0 Å². The Hall–Kier alpha value is -0.760. The van der Waals surface area contributed by atoms with Crippen LogP contribution in [0.2, 0.25) is 0 Å². The molecule has 1 heterocycles. The summed E-state index contributed by atoms with van der Waals surface area (Å²) in [7, 11) is 2.03. The third kappa shape index (κ3) is 1.39. The third-order valence-electron chi connectivity index (χ3n) is 2.70. The summed E-state index contributed by atoms with van der Waals surface area (Å²) < 4.78 is 2.08. The van der Waals surface area contributed by atoms with E-state index in [0.717, 1.165) is 0 Å². The Balaban J connectivity index is 3.05. The minimum Gasteiger partial charge on any atom is -0.353 e. The molecule has 2 N–H and O–H groups in total. The molecule has 1 aromatic rings. The molecule has 2 nitrogen and oxygen atoms in total. The summed E-state index contributed by atoms with van der Waals surface area (Å²) in [4.78, 5) is 0. The Bertz CT molecular complexity index is 259. The lowest BCUT2D eigenvalue weighted by molar-refractivity contribution is 0.333. The molecule has 68 valence electrons. The van der Waals surface area contributed by atoms with Gasteiger partial charge in [0.15, 0.2) is 0 Å². The molecule has 0 unspecified atom stereocenters. The van der Waals surface area contributed by atoms with Gasteiger partial charge in [-0.3, -0.25) is 0 Å². The highest BCUT2D eigenvalue weighted by molar-refractivity contribution is 5.17. The molecule has 1 aromatic heterocycles. The topological polar surface area (TPSA) is 30.9 Å². The van der Waals surface area contributed by atoms with Gasteiger partial charge >= 0.3 is 0 Å². The van der Waals surface area contributed by atoms with Crippen LogP contribution < -0.4 is 5.73 Å². The summed E-state index contributed by atoms with van der Waals surface area (Å²) in [6, 6.07) is 4.11. The van der Waals surface area contributed by atoms with E-state index in [-0.39, 0.29) is 5.54 Å². The Morgan fingerprint density at radius 2 is 2.08 bits per heavy atom. The van der Waals surface area contributed by atoms with Crippen molar-refractivity contribution in [1.29, 1.82) is 0 Å². The van der Waals surface area contributed by atoms with Crippen LogP contribution >= 0.6 is 0 Å². The monoisotopic (exact) mass is 166 g/mol. The second-order valence-corrected chi connectivity index (χ2v) is 3.94. The summed E-state index contributed by atoms with van der Waals surface area (Å²) in [5.41, 5.74) is 7.17. The van der Waals surface area contributed by atoms with Gasteiger partial charge in [0.2, 0.25) is 0 Å². The maximum Gasteiger partial charge on any atom is 0.0558 e. The van der Waals surface area contributed by atoms with E-state index in [0.29, 0.717) is 5.92 Å². The van der Waals surface area contributed by atoms with Crippen LogP contribution in [-0.2, 0) is 12.6 Å². The van der Waals surface area contributed by atoms with Gasteiger partial charge in [-0.15, -0.1) is 0 Å². The molecule has 0 aromatic carbocycles. The molecule has 0 amide bonds. The maximum absolute atomic E-state index is 6.21. The van der Waals surface area contributed by atoms with Crippen LogP contribution in [0.3, 0.4) is 0 Å². The van der Waals surface area contributed by atoms with Crippen molar-refractivity contribution in [2.75, 3.05) is 0 Å². The van der Waals surface area contributed by atoms with E-state index in [2.05, 4.69) is 31.4 Å². The van der Waals surface area contributed by atoms with E-state index in [1.165, 1.54) is 5.69 Å². The van der Waals surface area contributed by atoms with Gasteiger partial charge in [-0.25, -0.2) is 0 Å². The van der Waals surface area contributed by atoms with Crippen LogP contribution in [0.25, 0.3) is 0 Å². The number of rotatable bonds is 2. The lowest BCUT2D eigenvalue weighted by Crippen LogP contribution is -2.40. The van der Waals surface area contributed by atoms with Gasteiger partial charge in [-0.1, -0.05) is 13.8 Å². The second kappa shape index (κ2) is 2.94. The number of hydrogen-bond acceptors (Lipinski definition) is 1. The van der Waals surface area contributed by atoms with Crippen LogP contribution in [0.5, 0.6) is 0 Å². The summed E-state index contributed by atoms with van der Waals surface area (Å²) in [5, 5.41) is 0. The fourth-order valence-corrected chi connectivity index (χ4v) is 1.32. The molecule has 0 fully saturated rings. The van der Waals surface area contributed by atoms with E-state index in [1.54, 1.807) is 0 Å². The molecule has 0 spiro atoms. The molecule has 0 bridgehead atoms. The quantitative estimate of drug-likeness (QED) is 0.714. The first-order chi connectivity index (χ1) is 5.46. The molecule has 1 rings (SSSR count). The van der Waals surface area contributed by atoms with Gasteiger partial charge in [-0.05, 0) is 25.0 Å². The van der Waals surface area contributed by atoms with Crippen molar-refractivity contribution in [3.05, 3.63) is 24.0 Å². The fourth-order valence-electron chi connectivity index (χ4n) is 1.32. The Kier molecular flexibility index (Phi) is 2.29. The van der Waals surface area contributed by atoms with E-state index in [9.17, 15) is 0 Å². The minimum absolute atomic E-state index is 0.224. The highest BCUT2D eigenvalue weighted by atomic mass is 15.0. The Morgan fingerprint density at radius 1 is 1.50 bits per heavy atom. The van der Waals surface area contributed by atoms with Gasteiger partial charge < -0.3 is 10.3 Å². The third-order valence-corrected chi connectivity index (χ3v) is 2.70. The number of nitrogens with zero attached hydrogens (tertiary/aromatic N) is 1. The molecule has 0 aliphatic rings. The smallest absolute Gasteiger partial charge is 0.0558 e. The van der Waals surface area contributed by atoms with Crippen LogP contribution in [-0.4, -0.2) is 4.57 Å². The molecule has 1 atom stereocenters. The molecule has 0 aliphatic carbocycles. The van der Waals surface area contributed by atoms with Crippen LogP contribution in [0, 0.1) is 5.92 Å². The largest absolute Gasteiger partial charge is 0.353 e.